The molecule has 21 heavy (non-hydrogen) atoms. The van der Waals surface area contributed by atoms with Gasteiger partial charge in [0.25, 0.3) is 0 Å². The third-order valence-corrected chi connectivity index (χ3v) is 4.06. The fourth-order valence-electron chi connectivity index (χ4n) is 1.69. The number of aliphatic hydroxyl groups is 1. The normalized spacial score (nSPS) is 12.1. The molecule has 1 atom stereocenters. The number of rotatable bonds is 7. The van der Waals surface area contributed by atoms with Gasteiger partial charge >= 0.3 is 0 Å². The molecule has 5 nitrogen and oxygen atoms in total. The van der Waals surface area contributed by atoms with E-state index < -0.39 is 6.10 Å². The number of nitrogens with one attached hydrogen (secondary N) is 1. The predicted octanol–water partition coefficient (Wildman–Crippen LogP) is 2.81. The van der Waals surface area contributed by atoms with Gasteiger partial charge in [0.05, 0.1) is 22.0 Å². The van der Waals surface area contributed by atoms with Gasteiger partial charge in [-0.15, -0.1) is 11.3 Å². The van der Waals surface area contributed by atoms with Gasteiger partial charge in [0.2, 0.25) is 5.91 Å². The lowest BCUT2D eigenvalue weighted by molar-refractivity contribution is -0.121. The summed E-state index contributed by atoms with van der Waals surface area (Å²) >= 11 is 6.95. The molecule has 0 fully saturated rings. The van der Waals surface area contributed by atoms with Crippen molar-refractivity contribution >= 4 is 34.6 Å². The van der Waals surface area contributed by atoms with Crippen molar-refractivity contribution in [2.75, 3.05) is 6.54 Å². The fourth-order valence-corrected chi connectivity index (χ4v) is 2.71. The molecule has 0 spiro atoms. The molecule has 2 heterocycles. The molecule has 0 radical (unpaired) electrons. The molecule has 0 aromatic carbocycles. The van der Waals surface area contributed by atoms with Gasteiger partial charge in [0.1, 0.15) is 11.9 Å². The van der Waals surface area contributed by atoms with Crippen molar-refractivity contribution in [3.8, 4) is 0 Å². The number of carbonyl (C=O) groups is 2. The van der Waals surface area contributed by atoms with Crippen LogP contribution in [0.2, 0.25) is 4.34 Å². The Bertz CT molecular complexity index is 608. The van der Waals surface area contributed by atoms with E-state index in [0.717, 1.165) is 0 Å². The number of furan rings is 1. The number of ketones is 1. The second kappa shape index (κ2) is 7.40. The third kappa shape index (κ3) is 4.70. The van der Waals surface area contributed by atoms with Crippen molar-refractivity contribution in [3.05, 3.63) is 45.5 Å². The van der Waals surface area contributed by atoms with E-state index in [0.29, 0.717) is 15.0 Å². The summed E-state index contributed by atoms with van der Waals surface area (Å²) in [4.78, 5) is 24.0. The van der Waals surface area contributed by atoms with Gasteiger partial charge in [0, 0.05) is 12.8 Å². The average molecular weight is 328 g/mol. The average Bonchev–Trinajstić information content (AvgIpc) is 3.13. The van der Waals surface area contributed by atoms with Crippen molar-refractivity contribution in [1.82, 2.24) is 5.32 Å². The molecule has 2 N–H and O–H groups in total. The topological polar surface area (TPSA) is 79.5 Å². The van der Waals surface area contributed by atoms with Crippen LogP contribution in [0.25, 0.3) is 0 Å². The van der Waals surface area contributed by atoms with Crippen LogP contribution in [0.4, 0.5) is 0 Å². The Morgan fingerprint density at radius 3 is 2.76 bits per heavy atom. The first-order valence-corrected chi connectivity index (χ1v) is 7.52. The number of amides is 1. The standard InChI is InChI=1S/C14H14ClNO4S/c15-13-5-4-12(21-13)9(17)3-6-14(19)16-8-10(18)11-2-1-7-20-11/h1-2,4-5,7,10,18H,3,6,8H2,(H,16,19). The van der Waals surface area contributed by atoms with E-state index in [4.69, 9.17) is 16.0 Å². The highest BCUT2D eigenvalue weighted by molar-refractivity contribution is 7.18. The van der Waals surface area contributed by atoms with Gasteiger partial charge in [-0.3, -0.25) is 9.59 Å². The minimum atomic E-state index is -0.893. The number of carbonyl (C=O) groups excluding carboxylic acids is 2. The van der Waals surface area contributed by atoms with E-state index in [1.807, 2.05) is 0 Å². The molecular formula is C14H14ClNO4S. The smallest absolute Gasteiger partial charge is 0.220 e. The SMILES string of the molecule is O=C(CCC(=O)c1ccc(Cl)s1)NCC(O)c1ccco1. The Balaban J connectivity index is 1.71. The minimum absolute atomic E-state index is 0.0470. The second-order valence-corrected chi connectivity index (χ2v) is 6.08. The quantitative estimate of drug-likeness (QED) is 0.766. The van der Waals surface area contributed by atoms with Crippen LogP contribution in [0.3, 0.4) is 0 Å². The summed E-state index contributed by atoms with van der Waals surface area (Å²) in [6, 6.07) is 6.58. The van der Waals surface area contributed by atoms with Gasteiger partial charge in [-0.05, 0) is 24.3 Å². The number of Topliss-reactive ketones (excluding diaryl/α,β-unsaturated/α-hetero) is 1. The van der Waals surface area contributed by atoms with E-state index in [2.05, 4.69) is 5.32 Å². The molecule has 0 saturated carbocycles. The van der Waals surface area contributed by atoms with E-state index >= 15 is 0 Å². The van der Waals surface area contributed by atoms with Crippen molar-refractivity contribution in [2.45, 2.75) is 18.9 Å². The van der Waals surface area contributed by atoms with Crippen LogP contribution >= 0.6 is 22.9 Å². The summed E-state index contributed by atoms with van der Waals surface area (Å²) in [6.07, 6.45) is 0.736. The van der Waals surface area contributed by atoms with Gasteiger partial charge < -0.3 is 14.8 Å². The molecule has 112 valence electrons. The number of halogens is 1. The molecule has 0 aliphatic rings. The molecule has 0 saturated heterocycles. The van der Waals surface area contributed by atoms with E-state index in [1.165, 1.54) is 17.6 Å². The van der Waals surface area contributed by atoms with Crippen LogP contribution in [0.15, 0.2) is 34.9 Å². The van der Waals surface area contributed by atoms with E-state index in [1.54, 1.807) is 24.3 Å². The summed E-state index contributed by atoms with van der Waals surface area (Å²) in [5.41, 5.74) is 0. The zero-order valence-corrected chi connectivity index (χ0v) is 12.6. The molecule has 2 aromatic rings. The highest BCUT2D eigenvalue weighted by atomic mass is 35.5. The molecule has 2 aromatic heterocycles. The Morgan fingerprint density at radius 1 is 1.33 bits per heavy atom. The lowest BCUT2D eigenvalue weighted by Gasteiger charge is -2.09. The van der Waals surface area contributed by atoms with Crippen LogP contribution in [0, 0.1) is 0 Å². The second-order valence-electron chi connectivity index (χ2n) is 4.36. The van der Waals surface area contributed by atoms with Gasteiger partial charge in [-0.25, -0.2) is 0 Å². The van der Waals surface area contributed by atoms with Crippen molar-refractivity contribution in [2.24, 2.45) is 0 Å². The molecule has 0 aliphatic carbocycles. The van der Waals surface area contributed by atoms with Gasteiger partial charge in [-0.1, -0.05) is 11.6 Å². The van der Waals surface area contributed by atoms with Crippen molar-refractivity contribution in [3.63, 3.8) is 0 Å². The van der Waals surface area contributed by atoms with E-state index in [-0.39, 0.29) is 31.1 Å². The maximum absolute atomic E-state index is 11.8. The van der Waals surface area contributed by atoms with Gasteiger partial charge in [-0.2, -0.15) is 0 Å². The zero-order valence-electron chi connectivity index (χ0n) is 11.0. The monoisotopic (exact) mass is 327 g/mol. The first kappa shape index (κ1) is 15.8. The molecule has 7 heteroatoms. The Kier molecular flexibility index (Phi) is 5.55. The molecule has 1 amide bonds. The van der Waals surface area contributed by atoms with Crippen LogP contribution in [0.1, 0.15) is 34.4 Å². The molecule has 1 unspecified atom stereocenters. The van der Waals surface area contributed by atoms with Crippen LogP contribution in [0.5, 0.6) is 0 Å². The minimum Gasteiger partial charge on any atom is -0.467 e. The summed E-state index contributed by atoms with van der Waals surface area (Å²) < 4.78 is 5.57. The summed E-state index contributed by atoms with van der Waals surface area (Å²) in [5, 5.41) is 12.3. The zero-order chi connectivity index (χ0) is 15.2. The lowest BCUT2D eigenvalue weighted by atomic mass is 10.2. The molecule has 0 aliphatic heterocycles. The number of hydrogen-bond acceptors (Lipinski definition) is 5. The number of hydrogen-bond donors (Lipinski definition) is 2. The van der Waals surface area contributed by atoms with Crippen LogP contribution < -0.4 is 5.32 Å². The molecular weight excluding hydrogens is 314 g/mol. The fraction of sp³-hybridized carbons (Fsp3) is 0.286. The summed E-state index contributed by atoms with van der Waals surface area (Å²) in [7, 11) is 0. The first-order chi connectivity index (χ1) is 10.1. The lowest BCUT2D eigenvalue weighted by Crippen LogP contribution is -2.28. The van der Waals surface area contributed by atoms with Gasteiger partial charge in [0.15, 0.2) is 5.78 Å². The third-order valence-electron chi connectivity index (χ3n) is 2.79. The maximum Gasteiger partial charge on any atom is 0.220 e. The number of aliphatic hydroxyl groups excluding tert-OH is 1. The van der Waals surface area contributed by atoms with Crippen molar-refractivity contribution < 1.29 is 19.1 Å². The predicted molar refractivity (Wildman–Crippen MR) is 79.6 cm³/mol. The van der Waals surface area contributed by atoms with Crippen LogP contribution in [-0.4, -0.2) is 23.3 Å². The highest BCUT2D eigenvalue weighted by Gasteiger charge is 2.14. The summed E-state index contributed by atoms with van der Waals surface area (Å²) in [6.45, 7) is 0.0470. The summed E-state index contributed by atoms with van der Waals surface area (Å²) in [5.74, 6) is -0.0233. The Labute approximate surface area is 130 Å². The number of thiophene rings is 1. The van der Waals surface area contributed by atoms with E-state index in [9.17, 15) is 14.7 Å². The van der Waals surface area contributed by atoms with Crippen LogP contribution in [-0.2, 0) is 4.79 Å². The molecule has 2 rings (SSSR count). The van der Waals surface area contributed by atoms with Crippen molar-refractivity contribution in [1.29, 1.82) is 0 Å². The Morgan fingerprint density at radius 2 is 2.14 bits per heavy atom. The molecule has 0 bridgehead atoms. The first-order valence-electron chi connectivity index (χ1n) is 6.33. The largest absolute Gasteiger partial charge is 0.467 e. The maximum atomic E-state index is 11.8. The Hall–Kier alpha value is -1.63. The highest BCUT2D eigenvalue weighted by Crippen LogP contribution is 2.22.